The second kappa shape index (κ2) is 11.0. The SMILES string of the molecule is COCC(COC1CCC(C)CC1)OC.O=S. The third-order valence-electron chi connectivity index (χ3n) is 3.17. The summed E-state index contributed by atoms with van der Waals surface area (Å²) in [4.78, 5) is 0. The average molecular weight is 264 g/mol. The van der Waals surface area contributed by atoms with Gasteiger partial charge in [-0.1, -0.05) is 6.92 Å². The van der Waals surface area contributed by atoms with E-state index in [4.69, 9.17) is 18.4 Å². The fourth-order valence-electron chi connectivity index (χ4n) is 2.01. The van der Waals surface area contributed by atoms with Gasteiger partial charge in [0.15, 0.2) is 12.5 Å². The van der Waals surface area contributed by atoms with Gasteiger partial charge in [0.25, 0.3) is 0 Å². The first-order valence-corrected chi connectivity index (χ1v) is 6.39. The van der Waals surface area contributed by atoms with Crippen LogP contribution in [0.15, 0.2) is 0 Å². The van der Waals surface area contributed by atoms with Crippen LogP contribution in [0.1, 0.15) is 32.6 Å². The second-order valence-electron chi connectivity index (χ2n) is 4.53. The first-order valence-electron chi connectivity index (χ1n) is 6.06. The quantitative estimate of drug-likeness (QED) is 0.733. The van der Waals surface area contributed by atoms with Crippen molar-refractivity contribution < 1.29 is 18.4 Å². The molecule has 0 amide bonds. The molecule has 4 nitrogen and oxygen atoms in total. The predicted octanol–water partition coefficient (Wildman–Crippen LogP) is 1.91. The van der Waals surface area contributed by atoms with Gasteiger partial charge in [0.1, 0.15) is 6.10 Å². The maximum absolute atomic E-state index is 7.83. The van der Waals surface area contributed by atoms with Crippen LogP contribution in [0.5, 0.6) is 0 Å². The smallest absolute Gasteiger partial charge is 0.197 e. The van der Waals surface area contributed by atoms with Crippen LogP contribution in [0, 0.1) is 5.92 Å². The minimum absolute atomic E-state index is 0.0781. The summed E-state index contributed by atoms with van der Waals surface area (Å²) in [5.41, 5.74) is 0. The molecule has 0 aliphatic heterocycles. The molecule has 0 bridgehead atoms. The molecule has 0 N–H and O–H groups in total. The van der Waals surface area contributed by atoms with Gasteiger partial charge in [-0.25, -0.2) is 0 Å². The molecule has 0 aromatic carbocycles. The molecule has 0 aromatic rings. The van der Waals surface area contributed by atoms with E-state index < -0.39 is 0 Å². The highest BCUT2D eigenvalue weighted by molar-refractivity contribution is 7.44. The van der Waals surface area contributed by atoms with Crippen molar-refractivity contribution >= 4 is 12.5 Å². The third-order valence-corrected chi connectivity index (χ3v) is 3.17. The summed E-state index contributed by atoms with van der Waals surface area (Å²) in [6.07, 6.45) is 5.51. The van der Waals surface area contributed by atoms with Gasteiger partial charge in [0, 0.05) is 14.2 Å². The Balaban J connectivity index is 0.00000121. The molecule has 1 aliphatic rings. The lowest BCUT2D eigenvalue weighted by atomic mass is 9.89. The Morgan fingerprint density at radius 1 is 1.12 bits per heavy atom. The molecular formula is C12H24O4S. The molecule has 0 spiro atoms. The van der Waals surface area contributed by atoms with Crippen LogP contribution in [0.4, 0.5) is 0 Å². The lowest BCUT2D eigenvalue weighted by molar-refractivity contribution is -0.0646. The third kappa shape index (κ3) is 7.76. The summed E-state index contributed by atoms with van der Waals surface area (Å²) in [6, 6.07) is 0. The molecule has 0 aromatic heterocycles. The molecule has 17 heavy (non-hydrogen) atoms. The minimum atomic E-state index is 0.0781. The molecule has 1 unspecified atom stereocenters. The standard InChI is InChI=1S/C12H24O3.OS/c1-10-4-6-11(7-5-10)15-9-12(14-3)8-13-2;1-2/h10-12H,4-9H2,1-3H3;. The van der Waals surface area contributed by atoms with Crippen LogP contribution in [0.2, 0.25) is 0 Å². The molecule has 0 radical (unpaired) electrons. The summed E-state index contributed by atoms with van der Waals surface area (Å²) >= 11 is 2.83. The zero-order valence-corrected chi connectivity index (χ0v) is 11.8. The zero-order chi connectivity index (χ0) is 13.1. The summed E-state index contributed by atoms with van der Waals surface area (Å²) < 4.78 is 24.0. The van der Waals surface area contributed by atoms with Crippen LogP contribution in [0.3, 0.4) is 0 Å². The lowest BCUT2D eigenvalue weighted by Crippen LogP contribution is -2.29. The maximum Gasteiger partial charge on any atom is 0.197 e. The summed E-state index contributed by atoms with van der Waals surface area (Å²) in [7, 11) is 3.39. The molecule has 0 heterocycles. The van der Waals surface area contributed by atoms with E-state index in [1.807, 2.05) is 0 Å². The molecule has 5 heteroatoms. The van der Waals surface area contributed by atoms with Gasteiger partial charge >= 0.3 is 0 Å². The highest BCUT2D eigenvalue weighted by Crippen LogP contribution is 2.25. The van der Waals surface area contributed by atoms with E-state index in [0.29, 0.717) is 19.3 Å². The molecule has 1 saturated carbocycles. The van der Waals surface area contributed by atoms with Crippen molar-refractivity contribution in [1.29, 1.82) is 0 Å². The summed E-state index contributed by atoms with van der Waals surface area (Å²) in [6.45, 7) is 3.59. The molecule has 102 valence electrons. The van der Waals surface area contributed by atoms with Gasteiger partial charge in [-0.2, -0.15) is 4.21 Å². The molecule has 1 rings (SSSR count). The molecule has 1 aliphatic carbocycles. The predicted molar refractivity (Wildman–Crippen MR) is 68.2 cm³/mol. The van der Waals surface area contributed by atoms with E-state index in [9.17, 15) is 0 Å². The average Bonchev–Trinajstić information content (AvgIpc) is 2.39. The van der Waals surface area contributed by atoms with Crippen LogP contribution < -0.4 is 0 Å². The molecular weight excluding hydrogens is 240 g/mol. The van der Waals surface area contributed by atoms with Crippen LogP contribution in [-0.4, -0.2) is 43.9 Å². The van der Waals surface area contributed by atoms with E-state index >= 15 is 0 Å². The lowest BCUT2D eigenvalue weighted by Gasteiger charge is -2.27. The van der Waals surface area contributed by atoms with Gasteiger partial charge in [0.05, 0.1) is 19.3 Å². The van der Waals surface area contributed by atoms with Crippen molar-refractivity contribution in [2.45, 2.75) is 44.8 Å². The van der Waals surface area contributed by atoms with Gasteiger partial charge in [0.2, 0.25) is 0 Å². The van der Waals surface area contributed by atoms with Gasteiger partial charge < -0.3 is 14.2 Å². The van der Waals surface area contributed by atoms with Crippen molar-refractivity contribution in [2.24, 2.45) is 5.92 Å². The fourth-order valence-corrected chi connectivity index (χ4v) is 2.01. The monoisotopic (exact) mass is 264 g/mol. The Morgan fingerprint density at radius 2 is 1.71 bits per heavy atom. The van der Waals surface area contributed by atoms with Crippen molar-refractivity contribution in [3.05, 3.63) is 0 Å². The number of hydrogen-bond donors (Lipinski definition) is 0. The van der Waals surface area contributed by atoms with Gasteiger partial charge in [-0.05, 0) is 31.6 Å². The minimum Gasteiger partial charge on any atom is -0.382 e. The van der Waals surface area contributed by atoms with Gasteiger partial charge in [-0.3, -0.25) is 0 Å². The van der Waals surface area contributed by atoms with Crippen LogP contribution in [-0.2, 0) is 26.7 Å². The molecule has 1 atom stereocenters. The molecule has 1 fully saturated rings. The zero-order valence-electron chi connectivity index (χ0n) is 11.0. The number of rotatable bonds is 6. The van der Waals surface area contributed by atoms with Crippen molar-refractivity contribution in [3.63, 3.8) is 0 Å². The first-order chi connectivity index (χ1) is 8.26. The highest BCUT2D eigenvalue weighted by Gasteiger charge is 2.19. The second-order valence-corrected chi connectivity index (χ2v) is 4.53. The normalized spacial score (nSPS) is 25.8. The first kappa shape index (κ1) is 16.9. The number of hydrogen-bond acceptors (Lipinski definition) is 5. The molecule has 0 saturated heterocycles. The summed E-state index contributed by atoms with van der Waals surface area (Å²) in [5.74, 6) is 0.877. The van der Waals surface area contributed by atoms with Gasteiger partial charge in [-0.15, -0.1) is 0 Å². The van der Waals surface area contributed by atoms with E-state index in [-0.39, 0.29) is 6.10 Å². The fraction of sp³-hybridized carbons (Fsp3) is 1.00. The number of ether oxygens (including phenoxy) is 3. The largest absolute Gasteiger partial charge is 0.382 e. The Bertz CT molecular complexity index is 172. The van der Waals surface area contributed by atoms with E-state index in [1.54, 1.807) is 14.2 Å². The number of methoxy groups -OCH3 is 2. The summed E-state index contributed by atoms with van der Waals surface area (Å²) in [5, 5.41) is 0. The van der Waals surface area contributed by atoms with Crippen molar-refractivity contribution in [2.75, 3.05) is 27.4 Å². The van der Waals surface area contributed by atoms with Crippen molar-refractivity contribution in [3.8, 4) is 0 Å². The highest BCUT2D eigenvalue weighted by atomic mass is 32.1. The van der Waals surface area contributed by atoms with Crippen molar-refractivity contribution in [1.82, 2.24) is 0 Å². The van der Waals surface area contributed by atoms with E-state index in [0.717, 1.165) is 5.92 Å². The maximum atomic E-state index is 7.83. The Kier molecular flexibility index (Phi) is 11.0. The Morgan fingerprint density at radius 3 is 2.18 bits per heavy atom. The van der Waals surface area contributed by atoms with E-state index in [2.05, 4.69) is 19.5 Å². The van der Waals surface area contributed by atoms with E-state index in [1.165, 1.54) is 25.7 Å². The van der Waals surface area contributed by atoms with Crippen LogP contribution >= 0.6 is 0 Å². The topological polar surface area (TPSA) is 44.8 Å². The Labute approximate surface area is 110 Å². The van der Waals surface area contributed by atoms with Crippen LogP contribution in [0.25, 0.3) is 0 Å². The Hall–Kier alpha value is -0.100.